The average molecular weight is 352 g/mol. The van der Waals surface area contributed by atoms with Crippen molar-refractivity contribution in [1.82, 2.24) is 14.9 Å². The molecule has 1 fully saturated rings. The van der Waals surface area contributed by atoms with E-state index < -0.39 is 0 Å². The summed E-state index contributed by atoms with van der Waals surface area (Å²) < 4.78 is 0. The lowest BCUT2D eigenvalue weighted by atomic mass is 10.0. The van der Waals surface area contributed by atoms with Gasteiger partial charge in [-0.25, -0.2) is 0 Å². The second-order valence-electron chi connectivity index (χ2n) is 6.49. The lowest BCUT2D eigenvalue weighted by Crippen LogP contribution is -2.45. The monoisotopic (exact) mass is 352 g/mol. The third-order valence-electron chi connectivity index (χ3n) is 4.68. The Morgan fingerprint density at radius 3 is 3.08 bits per heavy atom. The summed E-state index contributed by atoms with van der Waals surface area (Å²) in [5.41, 5.74) is 3.32. The maximum atomic E-state index is 12.2. The van der Waals surface area contributed by atoms with Gasteiger partial charge in [-0.3, -0.25) is 14.6 Å². The van der Waals surface area contributed by atoms with Crippen LogP contribution in [-0.4, -0.2) is 39.9 Å². The molecule has 0 unspecified atom stereocenters. The van der Waals surface area contributed by atoms with Gasteiger partial charge < -0.3 is 15.2 Å². The molecule has 2 N–H and O–H groups in total. The molecule has 136 valence electrons. The highest BCUT2D eigenvalue weighted by atomic mass is 16.2. The third kappa shape index (κ3) is 4.02. The highest BCUT2D eigenvalue weighted by molar-refractivity contribution is 5.87. The molecule has 0 aromatic carbocycles. The van der Waals surface area contributed by atoms with Crippen molar-refractivity contribution in [3.63, 3.8) is 0 Å². The summed E-state index contributed by atoms with van der Waals surface area (Å²) in [5, 5.41) is 3.31. The molecule has 1 aliphatic heterocycles. The van der Waals surface area contributed by atoms with E-state index in [0.29, 0.717) is 12.2 Å². The van der Waals surface area contributed by atoms with E-state index in [4.69, 9.17) is 0 Å². The SMILES string of the molecule is C=CC(=O)N1CCC[C@@H](Nc2cc(-c3ccnc(CC)c3)c[nH]c2=O)C1. The number of likely N-dealkylation sites (tertiary alicyclic amines) is 1. The van der Waals surface area contributed by atoms with Gasteiger partial charge in [0.25, 0.3) is 5.56 Å². The number of carbonyl (C=O) groups excluding carboxylic acids is 1. The van der Waals surface area contributed by atoms with Crippen LogP contribution in [0.2, 0.25) is 0 Å². The summed E-state index contributed by atoms with van der Waals surface area (Å²) in [5.74, 6) is -0.0666. The first-order valence-electron chi connectivity index (χ1n) is 8.96. The van der Waals surface area contributed by atoms with Crippen LogP contribution in [0.4, 0.5) is 5.69 Å². The highest BCUT2D eigenvalue weighted by Crippen LogP contribution is 2.22. The van der Waals surface area contributed by atoms with Gasteiger partial charge in [0.2, 0.25) is 5.91 Å². The molecule has 2 aromatic rings. The van der Waals surface area contributed by atoms with E-state index in [-0.39, 0.29) is 17.5 Å². The van der Waals surface area contributed by atoms with Gasteiger partial charge in [0.15, 0.2) is 0 Å². The van der Waals surface area contributed by atoms with Crippen molar-refractivity contribution in [2.45, 2.75) is 32.2 Å². The minimum Gasteiger partial charge on any atom is -0.376 e. The molecule has 3 heterocycles. The van der Waals surface area contributed by atoms with E-state index in [1.807, 2.05) is 18.2 Å². The molecule has 3 rings (SSSR count). The number of pyridine rings is 2. The second kappa shape index (κ2) is 7.99. The molecule has 1 atom stereocenters. The van der Waals surface area contributed by atoms with Gasteiger partial charge in [-0.2, -0.15) is 0 Å². The molecule has 1 saturated heterocycles. The smallest absolute Gasteiger partial charge is 0.271 e. The van der Waals surface area contributed by atoms with Crippen LogP contribution in [0.25, 0.3) is 11.1 Å². The maximum absolute atomic E-state index is 12.2. The van der Waals surface area contributed by atoms with E-state index in [1.165, 1.54) is 6.08 Å². The fraction of sp³-hybridized carbons (Fsp3) is 0.350. The Kier molecular flexibility index (Phi) is 5.51. The predicted octanol–water partition coefficient (Wildman–Crippen LogP) is 2.59. The molecule has 2 aromatic heterocycles. The maximum Gasteiger partial charge on any atom is 0.271 e. The van der Waals surface area contributed by atoms with Crippen molar-refractivity contribution in [2.24, 2.45) is 0 Å². The van der Waals surface area contributed by atoms with Gasteiger partial charge in [0.1, 0.15) is 5.69 Å². The topological polar surface area (TPSA) is 78.1 Å². The van der Waals surface area contributed by atoms with E-state index >= 15 is 0 Å². The van der Waals surface area contributed by atoms with Crippen molar-refractivity contribution in [1.29, 1.82) is 0 Å². The minimum absolute atomic E-state index is 0.0487. The molecule has 0 aliphatic carbocycles. The summed E-state index contributed by atoms with van der Waals surface area (Å²) in [7, 11) is 0. The van der Waals surface area contributed by atoms with Crippen molar-refractivity contribution < 1.29 is 4.79 Å². The Morgan fingerprint density at radius 2 is 2.31 bits per heavy atom. The second-order valence-corrected chi connectivity index (χ2v) is 6.49. The number of aromatic amines is 1. The van der Waals surface area contributed by atoms with E-state index in [1.54, 1.807) is 17.3 Å². The third-order valence-corrected chi connectivity index (χ3v) is 4.68. The predicted molar refractivity (Wildman–Crippen MR) is 103 cm³/mol. The number of hydrogen-bond donors (Lipinski definition) is 2. The molecule has 0 saturated carbocycles. The van der Waals surface area contributed by atoms with Crippen molar-refractivity contribution >= 4 is 11.6 Å². The summed E-state index contributed by atoms with van der Waals surface area (Å²) >= 11 is 0. The van der Waals surface area contributed by atoms with Crippen LogP contribution in [0.3, 0.4) is 0 Å². The molecular weight excluding hydrogens is 328 g/mol. The number of nitrogens with one attached hydrogen (secondary N) is 2. The molecule has 1 aliphatic rings. The standard InChI is InChI=1S/C20H24N4O2/c1-3-16-10-14(7-8-21-16)15-11-18(20(26)22-12-15)23-17-6-5-9-24(13-17)19(25)4-2/h4,7-8,10-12,17,23H,2-3,5-6,9,13H2,1H3,(H,22,26)/t17-/m1/s1. The van der Waals surface area contributed by atoms with E-state index in [0.717, 1.165) is 42.6 Å². The molecule has 26 heavy (non-hydrogen) atoms. The zero-order valence-electron chi connectivity index (χ0n) is 15.0. The Labute approximate surface area is 153 Å². The fourth-order valence-electron chi connectivity index (χ4n) is 3.25. The Hall–Kier alpha value is -2.89. The average Bonchev–Trinajstić information content (AvgIpc) is 2.69. The fourth-order valence-corrected chi connectivity index (χ4v) is 3.25. The van der Waals surface area contributed by atoms with Crippen molar-refractivity contribution in [3.8, 4) is 11.1 Å². The van der Waals surface area contributed by atoms with Gasteiger partial charge in [0, 0.05) is 42.8 Å². The molecule has 0 bridgehead atoms. The van der Waals surface area contributed by atoms with Gasteiger partial charge in [-0.15, -0.1) is 0 Å². The quantitative estimate of drug-likeness (QED) is 0.811. The van der Waals surface area contributed by atoms with Crippen LogP contribution < -0.4 is 10.9 Å². The molecule has 0 spiro atoms. The van der Waals surface area contributed by atoms with Crippen LogP contribution >= 0.6 is 0 Å². The summed E-state index contributed by atoms with van der Waals surface area (Å²) in [6.45, 7) is 6.91. The van der Waals surface area contributed by atoms with Crippen LogP contribution in [0.5, 0.6) is 0 Å². The molecule has 1 amide bonds. The number of hydrogen-bond acceptors (Lipinski definition) is 4. The lowest BCUT2D eigenvalue weighted by Gasteiger charge is -2.32. The van der Waals surface area contributed by atoms with Crippen LogP contribution in [0.15, 0.2) is 48.0 Å². The van der Waals surface area contributed by atoms with Crippen molar-refractivity contribution in [2.75, 3.05) is 18.4 Å². The number of carbonyl (C=O) groups is 1. The molecule has 6 nitrogen and oxygen atoms in total. The Bertz CT molecular complexity index is 859. The molecule has 6 heteroatoms. The zero-order chi connectivity index (χ0) is 18.5. The Morgan fingerprint density at radius 1 is 1.46 bits per heavy atom. The van der Waals surface area contributed by atoms with Crippen LogP contribution in [0, 0.1) is 0 Å². The number of aryl methyl sites for hydroxylation is 1. The number of nitrogens with zero attached hydrogens (tertiary/aromatic N) is 2. The first kappa shape index (κ1) is 17.9. The summed E-state index contributed by atoms with van der Waals surface area (Å²) in [6.07, 6.45) is 7.52. The van der Waals surface area contributed by atoms with E-state index in [2.05, 4.69) is 28.8 Å². The Balaban J connectivity index is 1.81. The van der Waals surface area contributed by atoms with Gasteiger partial charge >= 0.3 is 0 Å². The van der Waals surface area contributed by atoms with Gasteiger partial charge in [-0.1, -0.05) is 13.5 Å². The van der Waals surface area contributed by atoms with Gasteiger partial charge in [0.05, 0.1) is 0 Å². The highest BCUT2D eigenvalue weighted by Gasteiger charge is 2.22. The first-order chi connectivity index (χ1) is 12.6. The number of H-pyrrole nitrogens is 1. The minimum atomic E-state index is -0.161. The van der Waals surface area contributed by atoms with E-state index in [9.17, 15) is 9.59 Å². The van der Waals surface area contributed by atoms with Crippen LogP contribution in [-0.2, 0) is 11.2 Å². The first-order valence-corrected chi connectivity index (χ1v) is 8.96. The number of anilines is 1. The normalized spacial score (nSPS) is 17.0. The number of amides is 1. The van der Waals surface area contributed by atoms with Gasteiger partial charge in [-0.05, 0) is 49.1 Å². The van der Waals surface area contributed by atoms with Crippen LogP contribution in [0.1, 0.15) is 25.5 Å². The largest absolute Gasteiger partial charge is 0.376 e. The summed E-state index contributed by atoms with van der Waals surface area (Å²) in [6, 6.07) is 5.87. The number of rotatable bonds is 5. The van der Waals surface area contributed by atoms with Crippen molar-refractivity contribution in [3.05, 3.63) is 59.3 Å². The summed E-state index contributed by atoms with van der Waals surface area (Å²) in [4.78, 5) is 33.0. The molecule has 0 radical (unpaired) electrons. The number of aromatic nitrogens is 2. The lowest BCUT2D eigenvalue weighted by molar-refractivity contribution is -0.127. The number of piperidine rings is 1. The zero-order valence-corrected chi connectivity index (χ0v) is 15.0. The molecular formula is C20H24N4O2.